The third-order valence-electron chi connectivity index (χ3n) is 5.17. The largest absolute Gasteiger partial charge is 0.496 e. The summed E-state index contributed by atoms with van der Waals surface area (Å²) in [4.78, 5) is 15.3. The van der Waals surface area contributed by atoms with E-state index in [1.165, 1.54) is 5.56 Å². The van der Waals surface area contributed by atoms with Gasteiger partial charge in [-0.25, -0.2) is 0 Å². The molecule has 4 nitrogen and oxygen atoms in total. The van der Waals surface area contributed by atoms with Crippen LogP contribution in [0.5, 0.6) is 5.75 Å². The molecule has 3 aromatic rings. The topological polar surface area (TPSA) is 41.6 Å². The molecule has 0 saturated carbocycles. The van der Waals surface area contributed by atoms with E-state index in [1.807, 2.05) is 42.5 Å². The molecule has 0 spiro atoms. The summed E-state index contributed by atoms with van der Waals surface area (Å²) in [5, 5.41) is 5.30. The van der Waals surface area contributed by atoms with Gasteiger partial charge in [0.2, 0.25) is 0 Å². The van der Waals surface area contributed by atoms with E-state index in [2.05, 4.69) is 34.5 Å². The number of nitrogens with zero attached hydrogens (tertiary/aromatic N) is 1. The fourth-order valence-corrected chi connectivity index (χ4v) is 3.76. The molecule has 1 N–H and O–H groups in total. The molecule has 0 radical (unpaired) electrons. The van der Waals surface area contributed by atoms with Crippen LogP contribution >= 0.6 is 0 Å². The number of ether oxygens (including phenoxy) is 1. The molecule has 1 aliphatic rings. The second-order valence-corrected chi connectivity index (χ2v) is 7.08. The number of likely N-dealkylation sites (tertiary alicyclic amines) is 1. The maximum absolute atomic E-state index is 12.9. The van der Waals surface area contributed by atoms with Gasteiger partial charge in [-0.15, -0.1) is 0 Å². The van der Waals surface area contributed by atoms with E-state index in [4.69, 9.17) is 4.74 Å². The summed E-state index contributed by atoms with van der Waals surface area (Å²) in [6.07, 6.45) is 0.967. The minimum absolute atomic E-state index is 0.0656. The Morgan fingerprint density at radius 1 is 1.07 bits per heavy atom. The number of hydrogen-bond acceptors (Lipinski definition) is 3. The zero-order chi connectivity index (χ0) is 18.6. The first-order valence-corrected chi connectivity index (χ1v) is 9.37. The molecule has 1 atom stereocenters. The highest BCUT2D eigenvalue weighted by Gasteiger charge is 2.25. The van der Waals surface area contributed by atoms with Gasteiger partial charge in [0, 0.05) is 25.7 Å². The zero-order valence-electron chi connectivity index (χ0n) is 15.5. The predicted octanol–water partition coefficient (Wildman–Crippen LogP) is 3.85. The first kappa shape index (κ1) is 17.6. The summed E-state index contributed by atoms with van der Waals surface area (Å²) in [5.74, 6) is 0.550. The van der Waals surface area contributed by atoms with Crippen molar-refractivity contribution in [2.45, 2.75) is 19.0 Å². The smallest absolute Gasteiger partial charge is 0.255 e. The van der Waals surface area contributed by atoms with Gasteiger partial charge in [0.25, 0.3) is 5.91 Å². The summed E-state index contributed by atoms with van der Waals surface area (Å²) in [7, 11) is 1.61. The van der Waals surface area contributed by atoms with Gasteiger partial charge in [0.1, 0.15) is 5.75 Å². The van der Waals surface area contributed by atoms with E-state index in [-0.39, 0.29) is 11.9 Å². The fourth-order valence-electron chi connectivity index (χ4n) is 3.76. The average molecular weight is 360 g/mol. The third-order valence-corrected chi connectivity index (χ3v) is 5.17. The SMILES string of the molecule is COc1cc2ccccc2cc1C(=O)N[C@H]1CCN(Cc2ccccc2)C1. The van der Waals surface area contributed by atoms with Crippen LogP contribution in [0.4, 0.5) is 0 Å². The number of rotatable bonds is 5. The molecular weight excluding hydrogens is 336 g/mol. The Morgan fingerprint density at radius 2 is 1.78 bits per heavy atom. The van der Waals surface area contributed by atoms with Crippen LogP contribution in [0.25, 0.3) is 10.8 Å². The first-order valence-electron chi connectivity index (χ1n) is 9.37. The molecule has 27 heavy (non-hydrogen) atoms. The second kappa shape index (κ2) is 7.80. The molecule has 3 aromatic carbocycles. The highest BCUT2D eigenvalue weighted by Crippen LogP contribution is 2.26. The normalized spacial score (nSPS) is 17.1. The van der Waals surface area contributed by atoms with Crippen LogP contribution in [0.3, 0.4) is 0 Å². The Morgan fingerprint density at radius 3 is 2.52 bits per heavy atom. The lowest BCUT2D eigenvalue weighted by Crippen LogP contribution is -2.37. The summed E-state index contributed by atoms with van der Waals surface area (Å²) >= 11 is 0. The van der Waals surface area contributed by atoms with Crippen LogP contribution in [0.1, 0.15) is 22.3 Å². The van der Waals surface area contributed by atoms with E-state index in [9.17, 15) is 4.79 Å². The van der Waals surface area contributed by atoms with Gasteiger partial charge in [0.15, 0.2) is 0 Å². The van der Waals surface area contributed by atoms with E-state index in [0.717, 1.165) is 36.8 Å². The fraction of sp³-hybridized carbons (Fsp3) is 0.261. The molecule has 1 aliphatic heterocycles. The minimum atomic E-state index is -0.0656. The summed E-state index contributed by atoms with van der Waals surface area (Å²) in [6.45, 7) is 2.79. The van der Waals surface area contributed by atoms with Gasteiger partial charge in [-0.05, 0) is 34.9 Å². The van der Waals surface area contributed by atoms with Crippen molar-refractivity contribution < 1.29 is 9.53 Å². The number of amides is 1. The summed E-state index contributed by atoms with van der Waals surface area (Å²) in [6, 6.07) is 22.5. The molecule has 0 aromatic heterocycles. The Hall–Kier alpha value is -2.85. The van der Waals surface area contributed by atoms with Crippen molar-refractivity contribution >= 4 is 16.7 Å². The first-order chi connectivity index (χ1) is 13.2. The van der Waals surface area contributed by atoms with Crippen LogP contribution in [-0.2, 0) is 6.54 Å². The van der Waals surface area contributed by atoms with E-state index in [0.29, 0.717) is 11.3 Å². The Bertz CT molecular complexity index is 940. The molecular formula is C23H24N2O2. The van der Waals surface area contributed by atoms with Gasteiger partial charge < -0.3 is 10.1 Å². The standard InChI is InChI=1S/C23H24N2O2/c1-27-22-14-19-10-6-5-9-18(19)13-21(22)23(26)24-20-11-12-25(16-20)15-17-7-3-2-4-8-17/h2-10,13-14,20H,11-12,15-16H2,1H3,(H,24,26)/t20-/m0/s1. The molecule has 0 unspecified atom stereocenters. The van der Waals surface area contributed by atoms with Crippen molar-refractivity contribution in [3.63, 3.8) is 0 Å². The Kier molecular flexibility index (Phi) is 5.07. The lowest BCUT2D eigenvalue weighted by atomic mass is 10.0. The second-order valence-electron chi connectivity index (χ2n) is 7.08. The molecule has 1 heterocycles. The van der Waals surface area contributed by atoms with Crippen molar-refractivity contribution in [3.8, 4) is 5.75 Å². The van der Waals surface area contributed by atoms with Gasteiger partial charge in [0.05, 0.1) is 12.7 Å². The number of benzene rings is 3. The quantitative estimate of drug-likeness (QED) is 0.751. The number of fused-ring (bicyclic) bond motifs is 1. The lowest BCUT2D eigenvalue weighted by Gasteiger charge is -2.17. The maximum atomic E-state index is 12.9. The summed E-state index contributed by atoms with van der Waals surface area (Å²) in [5.41, 5.74) is 1.90. The minimum Gasteiger partial charge on any atom is -0.496 e. The molecule has 1 saturated heterocycles. The lowest BCUT2D eigenvalue weighted by molar-refractivity contribution is 0.0934. The van der Waals surface area contributed by atoms with Crippen molar-refractivity contribution in [2.75, 3.05) is 20.2 Å². The molecule has 0 aliphatic carbocycles. The van der Waals surface area contributed by atoms with Crippen LogP contribution in [0, 0.1) is 0 Å². The van der Waals surface area contributed by atoms with E-state index >= 15 is 0 Å². The number of nitrogens with one attached hydrogen (secondary N) is 1. The molecule has 1 fully saturated rings. The average Bonchev–Trinajstić information content (AvgIpc) is 3.14. The van der Waals surface area contributed by atoms with Gasteiger partial charge in [-0.1, -0.05) is 54.6 Å². The molecule has 4 rings (SSSR count). The molecule has 4 heteroatoms. The van der Waals surface area contributed by atoms with Crippen molar-refractivity contribution in [1.82, 2.24) is 10.2 Å². The maximum Gasteiger partial charge on any atom is 0.255 e. The Balaban J connectivity index is 1.44. The number of hydrogen-bond donors (Lipinski definition) is 1. The van der Waals surface area contributed by atoms with Crippen LogP contribution in [-0.4, -0.2) is 37.0 Å². The van der Waals surface area contributed by atoms with Crippen LogP contribution in [0.2, 0.25) is 0 Å². The molecule has 1 amide bonds. The Labute approximate surface area is 159 Å². The van der Waals surface area contributed by atoms with E-state index in [1.54, 1.807) is 7.11 Å². The third kappa shape index (κ3) is 3.96. The molecule has 0 bridgehead atoms. The number of carbonyl (C=O) groups excluding carboxylic acids is 1. The number of methoxy groups -OCH3 is 1. The van der Waals surface area contributed by atoms with Gasteiger partial charge >= 0.3 is 0 Å². The predicted molar refractivity (Wildman–Crippen MR) is 108 cm³/mol. The van der Waals surface area contributed by atoms with E-state index < -0.39 is 0 Å². The van der Waals surface area contributed by atoms with Crippen LogP contribution < -0.4 is 10.1 Å². The van der Waals surface area contributed by atoms with Crippen molar-refractivity contribution in [1.29, 1.82) is 0 Å². The molecule has 138 valence electrons. The summed E-state index contributed by atoms with van der Waals surface area (Å²) < 4.78 is 5.47. The monoisotopic (exact) mass is 360 g/mol. The highest BCUT2D eigenvalue weighted by molar-refractivity contribution is 6.01. The van der Waals surface area contributed by atoms with Gasteiger partial charge in [-0.2, -0.15) is 0 Å². The zero-order valence-corrected chi connectivity index (χ0v) is 15.5. The highest BCUT2D eigenvalue weighted by atomic mass is 16.5. The van der Waals surface area contributed by atoms with Crippen molar-refractivity contribution in [3.05, 3.63) is 77.9 Å². The van der Waals surface area contributed by atoms with Crippen LogP contribution in [0.15, 0.2) is 66.7 Å². The van der Waals surface area contributed by atoms with Crippen molar-refractivity contribution in [2.24, 2.45) is 0 Å². The van der Waals surface area contributed by atoms with Gasteiger partial charge in [-0.3, -0.25) is 9.69 Å². The number of carbonyl (C=O) groups is 1.